The standard InChI is InChI=1S/C14H16ClN3O2/c1-9(2)16-8-12-13(19)7-14(20)18(17-12)11-5-3-4-10(15)6-11/h3-7,9,16,19H,8H2,1-2H3. The summed E-state index contributed by atoms with van der Waals surface area (Å²) in [6.07, 6.45) is 0. The normalized spacial score (nSPS) is 11.0. The van der Waals surface area contributed by atoms with Crippen molar-refractivity contribution in [2.45, 2.75) is 26.4 Å². The summed E-state index contributed by atoms with van der Waals surface area (Å²) in [4.78, 5) is 11.9. The number of benzene rings is 1. The first-order valence-electron chi connectivity index (χ1n) is 6.29. The third-order valence-corrected chi connectivity index (χ3v) is 2.95. The van der Waals surface area contributed by atoms with Gasteiger partial charge in [0.05, 0.1) is 5.69 Å². The lowest BCUT2D eigenvalue weighted by Crippen LogP contribution is -2.26. The van der Waals surface area contributed by atoms with E-state index >= 15 is 0 Å². The number of hydrogen-bond donors (Lipinski definition) is 2. The molecular weight excluding hydrogens is 278 g/mol. The van der Waals surface area contributed by atoms with Gasteiger partial charge in [-0.25, -0.2) is 0 Å². The average molecular weight is 294 g/mol. The Balaban J connectivity index is 2.43. The molecular formula is C14H16ClN3O2. The number of halogens is 1. The minimum absolute atomic E-state index is 0.110. The number of nitrogens with one attached hydrogen (secondary N) is 1. The molecule has 0 bridgehead atoms. The monoisotopic (exact) mass is 293 g/mol. The van der Waals surface area contributed by atoms with Gasteiger partial charge >= 0.3 is 0 Å². The van der Waals surface area contributed by atoms with Gasteiger partial charge in [0.2, 0.25) is 0 Å². The molecule has 0 spiro atoms. The van der Waals surface area contributed by atoms with Crippen LogP contribution >= 0.6 is 11.6 Å². The van der Waals surface area contributed by atoms with Crippen LogP contribution in [0.1, 0.15) is 19.5 Å². The van der Waals surface area contributed by atoms with Crippen LogP contribution in [0, 0.1) is 0 Å². The lowest BCUT2D eigenvalue weighted by molar-refractivity contribution is 0.447. The molecule has 2 aromatic rings. The van der Waals surface area contributed by atoms with Crippen molar-refractivity contribution in [1.29, 1.82) is 0 Å². The fourth-order valence-corrected chi connectivity index (χ4v) is 1.89. The van der Waals surface area contributed by atoms with Crippen molar-refractivity contribution in [1.82, 2.24) is 15.1 Å². The van der Waals surface area contributed by atoms with E-state index in [-0.39, 0.29) is 11.8 Å². The van der Waals surface area contributed by atoms with Gasteiger partial charge in [-0.2, -0.15) is 9.78 Å². The molecule has 0 atom stereocenters. The number of hydrogen-bond acceptors (Lipinski definition) is 4. The summed E-state index contributed by atoms with van der Waals surface area (Å²) in [5.74, 6) is -0.110. The molecule has 20 heavy (non-hydrogen) atoms. The van der Waals surface area contributed by atoms with Crippen LogP contribution in [0.4, 0.5) is 0 Å². The zero-order valence-corrected chi connectivity index (χ0v) is 12.1. The highest BCUT2D eigenvalue weighted by Gasteiger charge is 2.10. The van der Waals surface area contributed by atoms with E-state index < -0.39 is 5.56 Å². The Morgan fingerprint density at radius 2 is 2.15 bits per heavy atom. The van der Waals surface area contributed by atoms with Gasteiger partial charge in [-0.05, 0) is 18.2 Å². The van der Waals surface area contributed by atoms with E-state index in [1.54, 1.807) is 24.3 Å². The molecule has 0 saturated heterocycles. The summed E-state index contributed by atoms with van der Waals surface area (Å²) in [5, 5.41) is 17.6. The fraction of sp³-hybridized carbons (Fsp3) is 0.286. The molecule has 5 nitrogen and oxygen atoms in total. The van der Waals surface area contributed by atoms with Crippen LogP contribution < -0.4 is 10.9 Å². The van der Waals surface area contributed by atoms with E-state index in [9.17, 15) is 9.90 Å². The highest BCUT2D eigenvalue weighted by molar-refractivity contribution is 6.30. The minimum atomic E-state index is -0.405. The van der Waals surface area contributed by atoms with Crippen molar-refractivity contribution < 1.29 is 5.11 Å². The smallest absolute Gasteiger partial charge is 0.275 e. The lowest BCUT2D eigenvalue weighted by Gasteiger charge is -2.11. The van der Waals surface area contributed by atoms with E-state index in [1.807, 2.05) is 13.8 Å². The molecule has 1 aromatic heterocycles. The summed E-state index contributed by atoms with van der Waals surface area (Å²) >= 11 is 5.92. The van der Waals surface area contributed by atoms with Crippen LogP contribution in [-0.2, 0) is 6.54 Å². The third-order valence-electron chi connectivity index (χ3n) is 2.72. The van der Waals surface area contributed by atoms with Crippen molar-refractivity contribution in [3.05, 3.63) is 51.4 Å². The van der Waals surface area contributed by atoms with Gasteiger partial charge in [-0.15, -0.1) is 0 Å². The number of aromatic hydroxyl groups is 1. The van der Waals surface area contributed by atoms with Crippen molar-refractivity contribution in [2.24, 2.45) is 0 Å². The van der Waals surface area contributed by atoms with Crippen molar-refractivity contribution in [3.8, 4) is 11.4 Å². The maximum Gasteiger partial charge on any atom is 0.275 e. The first-order chi connectivity index (χ1) is 9.47. The van der Waals surface area contributed by atoms with Crippen LogP contribution in [0.15, 0.2) is 35.1 Å². The SMILES string of the molecule is CC(C)NCc1nn(-c2cccc(Cl)c2)c(=O)cc1O. The summed E-state index contributed by atoms with van der Waals surface area (Å²) in [7, 11) is 0. The molecule has 1 aromatic carbocycles. The van der Waals surface area contributed by atoms with Crippen molar-refractivity contribution in [2.75, 3.05) is 0 Å². The number of rotatable bonds is 4. The predicted octanol–water partition coefficient (Wildman–Crippen LogP) is 2.09. The van der Waals surface area contributed by atoms with Crippen LogP contribution in [0.2, 0.25) is 5.02 Å². The van der Waals surface area contributed by atoms with Gasteiger partial charge < -0.3 is 10.4 Å². The summed E-state index contributed by atoms with van der Waals surface area (Å²) in [5.41, 5.74) is 0.574. The summed E-state index contributed by atoms with van der Waals surface area (Å²) in [6.45, 7) is 4.36. The molecule has 0 fully saturated rings. The Labute approximate surface area is 121 Å². The molecule has 0 unspecified atom stereocenters. The second-order valence-electron chi connectivity index (χ2n) is 4.74. The Hall–Kier alpha value is -1.85. The van der Waals surface area contributed by atoms with E-state index in [4.69, 9.17) is 11.6 Å². The Bertz CT molecular complexity index is 668. The minimum Gasteiger partial charge on any atom is -0.506 e. The summed E-state index contributed by atoms with van der Waals surface area (Å²) in [6, 6.07) is 8.25. The fourth-order valence-electron chi connectivity index (χ4n) is 1.70. The van der Waals surface area contributed by atoms with Gasteiger partial charge in [-0.1, -0.05) is 31.5 Å². The second-order valence-corrected chi connectivity index (χ2v) is 5.18. The van der Waals surface area contributed by atoms with Crippen LogP contribution in [0.3, 0.4) is 0 Å². The van der Waals surface area contributed by atoms with Gasteiger partial charge in [0.15, 0.2) is 0 Å². The maximum absolute atomic E-state index is 11.9. The van der Waals surface area contributed by atoms with Crippen molar-refractivity contribution in [3.63, 3.8) is 0 Å². The van der Waals surface area contributed by atoms with Crippen LogP contribution in [-0.4, -0.2) is 20.9 Å². The van der Waals surface area contributed by atoms with Crippen LogP contribution in [0.5, 0.6) is 5.75 Å². The molecule has 2 rings (SSSR count). The van der Waals surface area contributed by atoms with E-state index in [2.05, 4.69) is 10.4 Å². The second kappa shape index (κ2) is 6.07. The molecule has 0 aliphatic carbocycles. The van der Waals surface area contributed by atoms with Gasteiger partial charge in [0, 0.05) is 23.7 Å². The Morgan fingerprint density at radius 3 is 2.80 bits per heavy atom. The highest BCUT2D eigenvalue weighted by Crippen LogP contribution is 2.15. The predicted molar refractivity (Wildman–Crippen MR) is 78.5 cm³/mol. The molecule has 0 radical (unpaired) electrons. The third kappa shape index (κ3) is 3.37. The summed E-state index contributed by atoms with van der Waals surface area (Å²) < 4.78 is 1.23. The van der Waals surface area contributed by atoms with E-state index in [0.717, 1.165) is 6.07 Å². The Kier molecular flexibility index (Phi) is 4.42. The molecule has 106 valence electrons. The maximum atomic E-state index is 11.9. The molecule has 0 aliphatic rings. The van der Waals surface area contributed by atoms with Gasteiger partial charge in [0.1, 0.15) is 11.4 Å². The first-order valence-corrected chi connectivity index (χ1v) is 6.66. The van der Waals surface area contributed by atoms with Gasteiger partial charge in [0.25, 0.3) is 5.56 Å². The molecule has 0 amide bonds. The highest BCUT2D eigenvalue weighted by atomic mass is 35.5. The van der Waals surface area contributed by atoms with E-state index in [1.165, 1.54) is 4.68 Å². The van der Waals surface area contributed by atoms with Gasteiger partial charge in [-0.3, -0.25) is 4.79 Å². The average Bonchev–Trinajstić information content (AvgIpc) is 2.37. The largest absolute Gasteiger partial charge is 0.506 e. The number of aromatic nitrogens is 2. The van der Waals surface area contributed by atoms with Crippen LogP contribution in [0.25, 0.3) is 5.69 Å². The topological polar surface area (TPSA) is 67.2 Å². The van der Waals surface area contributed by atoms with Crippen molar-refractivity contribution >= 4 is 11.6 Å². The quantitative estimate of drug-likeness (QED) is 0.906. The first kappa shape index (κ1) is 14.6. The zero-order chi connectivity index (χ0) is 14.7. The Morgan fingerprint density at radius 1 is 1.40 bits per heavy atom. The molecule has 0 aliphatic heterocycles. The molecule has 2 N–H and O–H groups in total. The molecule has 6 heteroatoms. The van der Waals surface area contributed by atoms with E-state index in [0.29, 0.717) is 22.9 Å². The molecule has 1 heterocycles. The zero-order valence-electron chi connectivity index (χ0n) is 11.3. The number of nitrogens with zero attached hydrogens (tertiary/aromatic N) is 2. The lowest BCUT2D eigenvalue weighted by atomic mass is 10.3. The molecule has 0 saturated carbocycles.